The number of pyridine rings is 1. The molecule has 3 aromatic rings. The van der Waals surface area contributed by atoms with Crippen LogP contribution in [-0.2, 0) is 21.2 Å². The highest BCUT2D eigenvalue weighted by molar-refractivity contribution is 7.91. The number of benzene rings is 2. The number of carbonyl (C=O) groups is 1. The smallest absolute Gasteiger partial charge is 0.248 e. The van der Waals surface area contributed by atoms with Gasteiger partial charge in [-0.3, -0.25) is 15.0 Å². The number of ether oxygens (including phenoxy) is 1. The van der Waals surface area contributed by atoms with Crippen LogP contribution in [0.15, 0.2) is 59.5 Å². The van der Waals surface area contributed by atoms with E-state index < -0.39 is 27.7 Å². The van der Waals surface area contributed by atoms with Crippen molar-refractivity contribution in [2.24, 2.45) is 5.92 Å². The van der Waals surface area contributed by atoms with Crippen LogP contribution in [0.5, 0.6) is 5.75 Å². The van der Waals surface area contributed by atoms with Gasteiger partial charge in [-0.05, 0) is 56.3 Å². The number of amides is 1. The van der Waals surface area contributed by atoms with Gasteiger partial charge in [-0.1, -0.05) is 18.2 Å². The molecule has 2 atom stereocenters. The van der Waals surface area contributed by atoms with E-state index in [4.69, 9.17) is 9.94 Å². The van der Waals surface area contributed by atoms with Crippen LogP contribution in [0.1, 0.15) is 17.7 Å². The summed E-state index contributed by atoms with van der Waals surface area (Å²) in [7, 11) is -3.62. The number of aryl methyl sites for hydroxylation is 1. The van der Waals surface area contributed by atoms with E-state index in [1.807, 2.05) is 37.3 Å². The number of hydrogen-bond acceptors (Lipinski definition) is 7. The van der Waals surface area contributed by atoms with E-state index in [1.165, 1.54) is 12.1 Å². The maximum atomic E-state index is 12.8. The topological polar surface area (TPSA) is 118 Å². The summed E-state index contributed by atoms with van der Waals surface area (Å²) in [5, 5.41) is 12.9. The minimum atomic E-state index is -3.62. The minimum absolute atomic E-state index is 0.159. The van der Waals surface area contributed by atoms with Crippen molar-refractivity contribution in [1.29, 1.82) is 0 Å². The number of sulfone groups is 1. The first-order valence-electron chi connectivity index (χ1n) is 10.4. The number of carbonyl (C=O) groups excluding carboxylic acids is 1. The van der Waals surface area contributed by atoms with Crippen molar-refractivity contribution in [3.63, 3.8) is 0 Å². The van der Waals surface area contributed by atoms with E-state index in [0.717, 1.165) is 22.2 Å². The second kappa shape index (κ2) is 9.23. The lowest BCUT2D eigenvalue weighted by Crippen LogP contribution is -2.41. The van der Waals surface area contributed by atoms with E-state index >= 15 is 0 Å². The molecule has 4 rings (SSSR count). The first-order valence-corrected chi connectivity index (χ1v) is 12.0. The molecule has 1 fully saturated rings. The molecular formula is C23H25N3O5S. The van der Waals surface area contributed by atoms with Gasteiger partial charge in [0.2, 0.25) is 5.91 Å². The summed E-state index contributed by atoms with van der Waals surface area (Å²) in [4.78, 5) is 16.5. The van der Waals surface area contributed by atoms with Crippen molar-refractivity contribution in [2.45, 2.75) is 30.9 Å². The number of hydroxylamine groups is 1. The fraction of sp³-hybridized carbons (Fsp3) is 0.304. The zero-order valence-corrected chi connectivity index (χ0v) is 18.4. The van der Waals surface area contributed by atoms with Crippen LogP contribution in [0, 0.1) is 12.8 Å². The van der Waals surface area contributed by atoms with E-state index in [0.29, 0.717) is 25.3 Å². The number of hydrogen-bond donors (Lipinski definition) is 3. The van der Waals surface area contributed by atoms with Gasteiger partial charge in [-0.15, -0.1) is 0 Å². The number of nitrogens with zero attached hydrogens (tertiary/aromatic N) is 1. The third kappa shape index (κ3) is 4.74. The largest absolute Gasteiger partial charge is 0.489 e. The Morgan fingerprint density at radius 1 is 1.22 bits per heavy atom. The summed E-state index contributed by atoms with van der Waals surface area (Å²) in [6.45, 7) is 2.79. The van der Waals surface area contributed by atoms with E-state index in [2.05, 4.69) is 10.3 Å². The van der Waals surface area contributed by atoms with Crippen molar-refractivity contribution in [1.82, 2.24) is 15.8 Å². The Morgan fingerprint density at radius 2 is 1.97 bits per heavy atom. The number of fused-ring (bicyclic) bond motifs is 1. The van der Waals surface area contributed by atoms with Crippen molar-refractivity contribution in [3.05, 3.63) is 65.9 Å². The SMILES string of the molecule is Cc1cc(COc2ccc(S(=O)(=O)C[C@@H]3NCC[C@@H]3C(=O)NO)cc2)c2ccccc2n1. The zero-order chi connectivity index (χ0) is 22.7. The lowest BCUT2D eigenvalue weighted by atomic mass is 10.0. The molecule has 3 N–H and O–H groups in total. The average molecular weight is 456 g/mol. The number of nitrogens with one attached hydrogen (secondary N) is 2. The molecule has 0 aliphatic carbocycles. The van der Waals surface area contributed by atoms with Gasteiger partial charge in [0.1, 0.15) is 12.4 Å². The highest BCUT2D eigenvalue weighted by Crippen LogP contribution is 2.24. The van der Waals surface area contributed by atoms with Gasteiger partial charge in [-0.2, -0.15) is 0 Å². The summed E-state index contributed by atoms with van der Waals surface area (Å²) in [5.41, 5.74) is 4.43. The van der Waals surface area contributed by atoms with Gasteiger partial charge in [0.05, 0.1) is 22.1 Å². The monoisotopic (exact) mass is 455 g/mol. The molecule has 1 aromatic heterocycles. The van der Waals surface area contributed by atoms with Crippen LogP contribution in [0.2, 0.25) is 0 Å². The average Bonchev–Trinajstić information content (AvgIpc) is 3.24. The van der Waals surface area contributed by atoms with E-state index in [9.17, 15) is 13.2 Å². The quantitative estimate of drug-likeness (QED) is 0.370. The van der Waals surface area contributed by atoms with Crippen molar-refractivity contribution >= 4 is 26.6 Å². The predicted molar refractivity (Wildman–Crippen MR) is 119 cm³/mol. The van der Waals surface area contributed by atoms with Crippen molar-refractivity contribution in [2.75, 3.05) is 12.3 Å². The van der Waals surface area contributed by atoms with Crippen molar-refractivity contribution < 1.29 is 23.2 Å². The van der Waals surface area contributed by atoms with Crippen LogP contribution in [-0.4, -0.2) is 42.9 Å². The van der Waals surface area contributed by atoms with Gasteiger partial charge in [0.15, 0.2) is 9.84 Å². The van der Waals surface area contributed by atoms with Crippen LogP contribution in [0.25, 0.3) is 10.9 Å². The minimum Gasteiger partial charge on any atom is -0.489 e. The maximum absolute atomic E-state index is 12.8. The molecule has 1 aliphatic heterocycles. The van der Waals surface area contributed by atoms with Crippen LogP contribution in [0.4, 0.5) is 0 Å². The molecule has 2 aromatic carbocycles. The zero-order valence-electron chi connectivity index (χ0n) is 17.6. The summed E-state index contributed by atoms with van der Waals surface area (Å²) in [6.07, 6.45) is 0.475. The molecule has 32 heavy (non-hydrogen) atoms. The fourth-order valence-corrected chi connectivity index (χ4v) is 5.66. The highest BCUT2D eigenvalue weighted by Gasteiger charge is 2.36. The molecular weight excluding hydrogens is 430 g/mol. The van der Waals surface area contributed by atoms with E-state index in [-0.39, 0.29) is 10.6 Å². The second-order valence-corrected chi connectivity index (χ2v) is 9.95. The molecule has 0 radical (unpaired) electrons. The summed E-state index contributed by atoms with van der Waals surface area (Å²) < 4.78 is 31.6. The molecule has 1 amide bonds. The number of rotatable bonds is 7. The Kier molecular flexibility index (Phi) is 6.40. The normalized spacial score (nSPS) is 18.6. The first kappa shape index (κ1) is 22.2. The maximum Gasteiger partial charge on any atom is 0.248 e. The Labute approximate surface area is 186 Å². The van der Waals surface area contributed by atoms with Gasteiger partial charge in [0.25, 0.3) is 0 Å². The standard InChI is InChI=1S/C23H25N3O5S/c1-15-12-16(19-4-2-3-5-21(19)25-15)13-31-17-6-8-18(9-7-17)32(29,30)14-22-20(10-11-24-22)23(27)26-28/h2-9,12,20,22,24,28H,10-11,13-14H2,1H3,(H,26,27)/t20-,22-/m0/s1. The van der Waals surface area contributed by atoms with Gasteiger partial charge < -0.3 is 10.1 Å². The Balaban J connectivity index is 1.45. The molecule has 1 aliphatic rings. The molecule has 0 spiro atoms. The van der Waals surface area contributed by atoms with Gasteiger partial charge in [0, 0.05) is 22.7 Å². The first-order chi connectivity index (χ1) is 15.4. The Morgan fingerprint density at radius 3 is 2.72 bits per heavy atom. The summed E-state index contributed by atoms with van der Waals surface area (Å²) in [5.74, 6) is -0.832. The van der Waals surface area contributed by atoms with Crippen molar-refractivity contribution in [3.8, 4) is 5.75 Å². The van der Waals surface area contributed by atoms with Crippen LogP contribution < -0.4 is 15.5 Å². The fourth-order valence-electron chi connectivity index (χ4n) is 4.09. The van der Waals surface area contributed by atoms with E-state index in [1.54, 1.807) is 17.6 Å². The molecule has 1 saturated heterocycles. The molecule has 0 bridgehead atoms. The lowest BCUT2D eigenvalue weighted by molar-refractivity contribution is -0.133. The summed E-state index contributed by atoms with van der Waals surface area (Å²) in [6, 6.07) is 15.6. The molecule has 0 saturated carbocycles. The molecule has 2 heterocycles. The van der Waals surface area contributed by atoms with Crippen LogP contribution in [0.3, 0.4) is 0 Å². The Hall–Kier alpha value is -3.01. The molecule has 168 valence electrons. The number of para-hydroxylation sites is 1. The number of aromatic nitrogens is 1. The molecule has 9 heteroatoms. The Bertz CT molecular complexity index is 1230. The lowest BCUT2D eigenvalue weighted by Gasteiger charge is -2.18. The van der Waals surface area contributed by atoms with Gasteiger partial charge >= 0.3 is 0 Å². The van der Waals surface area contributed by atoms with Gasteiger partial charge in [-0.25, -0.2) is 13.9 Å². The highest BCUT2D eigenvalue weighted by atomic mass is 32.2. The van der Waals surface area contributed by atoms with Crippen LogP contribution >= 0.6 is 0 Å². The second-order valence-electron chi connectivity index (χ2n) is 7.91. The predicted octanol–water partition coefficient (Wildman–Crippen LogP) is 2.38. The third-order valence-corrected chi connectivity index (χ3v) is 7.49. The molecule has 8 nitrogen and oxygen atoms in total. The third-order valence-electron chi connectivity index (χ3n) is 5.70. The summed E-state index contributed by atoms with van der Waals surface area (Å²) >= 11 is 0. The molecule has 0 unspecified atom stereocenters.